The quantitative estimate of drug-likeness (QED) is 0.821. The van der Waals surface area contributed by atoms with Crippen LogP contribution in [0.5, 0.6) is 0 Å². The van der Waals surface area contributed by atoms with Crippen LogP contribution in [0, 0.1) is 0 Å². The van der Waals surface area contributed by atoms with Crippen molar-refractivity contribution in [1.82, 2.24) is 14.9 Å². The van der Waals surface area contributed by atoms with Gasteiger partial charge >= 0.3 is 0 Å². The molecule has 0 atom stereocenters. The maximum absolute atomic E-state index is 6.08. The van der Waals surface area contributed by atoms with Gasteiger partial charge in [0.15, 0.2) is 5.82 Å². The van der Waals surface area contributed by atoms with Gasteiger partial charge in [-0.2, -0.15) is 0 Å². The Balaban J connectivity index is 2.50. The normalized spacial score (nSPS) is 10.9. The van der Waals surface area contributed by atoms with E-state index in [9.17, 15) is 0 Å². The second kappa shape index (κ2) is 7.38. The van der Waals surface area contributed by atoms with Gasteiger partial charge in [-0.25, -0.2) is 9.97 Å². The summed E-state index contributed by atoms with van der Waals surface area (Å²) in [7, 11) is 1.97. The van der Waals surface area contributed by atoms with Crippen molar-refractivity contribution in [2.24, 2.45) is 0 Å². The molecule has 0 saturated carbocycles. The average Bonchev–Trinajstić information content (AvgIpc) is 2.37. The zero-order valence-electron chi connectivity index (χ0n) is 11.4. The third kappa shape index (κ3) is 3.99. The van der Waals surface area contributed by atoms with Crippen molar-refractivity contribution in [2.45, 2.75) is 20.3 Å². The monoisotopic (exact) mass is 271 g/mol. The van der Waals surface area contributed by atoms with E-state index in [-0.39, 0.29) is 0 Å². The van der Waals surface area contributed by atoms with E-state index in [1.165, 1.54) is 6.33 Å². The highest BCUT2D eigenvalue weighted by molar-refractivity contribution is 6.35. The predicted molar refractivity (Wildman–Crippen MR) is 77.1 cm³/mol. The van der Waals surface area contributed by atoms with Gasteiger partial charge in [0.25, 0.3) is 0 Å². The highest BCUT2D eigenvalue weighted by atomic mass is 35.5. The highest BCUT2D eigenvalue weighted by Crippen LogP contribution is 2.25. The molecule has 1 rings (SSSR count). The second-order valence-electron chi connectivity index (χ2n) is 4.20. The first kappa shape index (κ1) is 15.0. The number of aromatic nitrogens is 2. The summed E-state index contributed by atoms with van der Waals surface area (Å²) in [6.45, 7) is 8.50. The molecule has 0 spiro atoms. The standard InChI is InChI=1S/C12H22ClN5/c1-4-18(5-2)8-6-7-17(3)12-10(13)11(14)15-9-16-12/h9H,4-8H2,1-3H3,(H2,14,15,16). The first-order valence-electron chi connectivity index (χ1n) is 6.29. The minimum atomic E-state index is 0.331. The van der Waals surface area contributed by atoms with E-state index in [1.54, 1.807) is 0 Å². The molecule has 0 amide bonds. The first-order chi connectivity index (χ1) is 8.60. The Labute approximate surface area is 114 Å². The fourth-order valence-electron chi connectivity index (χ4n) is 1.82. The Hall–Kier alpha value is -1.07. The van der Waals surface area contributed by atoms with E-state index in [1.807, 2.05) is 11.9 Å². The molecule has 18 heavy (non-hydrogen) atoms. The lowest BCUT2D eigenvalue weighted by Crippen LogP contribution is -2.28. The van der Waals surface area contributed by atoms with Crippen LogP contribution in [0.25, 0.3) is 0 Å². The molecule has 0 aromatic carbocycles. The largest absolute Gasteiger partial charge is 0.382 e. The molecule has 1 aromatic rings. The van der Waals surface area contributed by atoms with E-state index in [2.05, 4.69) is 28.7 Å². The van der Waals surface area contributed by atoms with E-state index in [0.29, 0.717) is 16.7 Å². The van der Waals surface area contributed by atoms with Crippen LogP contribution in [0.15, 0.2) is 6.33 Å². The van der Waals surface area contributed by atoms with Gasteiger partial charge in [-0.1, -0.05) is 25.4 Å². The fraction of sp³-hybridized carbons (Fsp3) is 0.667. The van der Waals surface area contributed by atoms with Gasteiger partial charge < -0.3 is 15.5 Å². The summed E-state index contributed by atoms with van der Waals surface area (Å²) in [5.41, 5.74) is 5.66. The SMILES string of the molecule is CCN(CC)CCCN(C)c1ncnc(N)c1Cl. The molecule has 6 heteroatoms. The summed E-state index contributed by atoms with van der Waals surface area (Å²) in [6, 6.07) is 0. The van der Waals surface area contributed by atoms with Gasteiger partial charge in [0.1, 0.15) is 17.2 Å². The third-order valence-electron chi connectivity index (χ3n) is 3.02. The molecule has 0 aliphatic heterocycles. The summed E-state index contributed by atoms with van der Waals surface area (Å²) >= 11 is 6.08. The van der Waals surface area contributed by atoms with Crippen LogP contribution in [-0.2, 0) is 0 Å². The smallest absolute Gasteiger partial charge is 0.152 e. The molecular formula is C12H22ClN5. The van der Waals surface area contributed by atoms with Crippen molar-refractivity contribution < 1.29 is 0 Å². The fourth-order valence-corrected chi connectivity index (χ4v) is 2.06. The zero-order valence-corrected chi connectivity index (χ0v) is 12.1. The molecule has 0 aliphatic rings. The molecule has 102 valence electrons. The molecule has 1 heterocycles. The zero-order chi connectivity index (χ0) is 13.5. The maximum Gasteiger partial charge on any atom is 0.152 e. The number of hydrogen-bond acceptors (Lipinski definition) is 5. The number of hydrogen-bond donors (Lipinski definition) is 1. The topological polar surface area (TPSA) is 58.3 Å². The lowest BCUT2D eigenvalue weighted by Gasteiger charge is -2.22. The molecule has 0 aliphatic carbocycles. The van der Waals surface area contributed by atoms with Crippen LogP contribution < -0.4 is 10.6 Å². The predicted octanol–water partition coefficient (Wildman–Crippen LogP) is 1.88. The number of nitrogens with two attached hydrogens (primary N) is 1. The van der Waals surface area contributed by atoms with Gasteiger partial charge in [-0.3, -0.25) is 0 Å². The number of rotatable bonds is 7. The van der Waals surface area contributed by atoms with E-state index in [4.69, 9.17) is 17.3 Å². The van der Waals surface area contributed by atoms with Crippen molar-refractivity contribution in [3.8, 4) is 0 Å². The molecule has 0 saturated heterocycles. The number of nitrogens with zero attached hydrogens (tertiary/aromatic N) is 4. The van der Waals surface area contributed by atoms with Gasteiger partial charge in [0, 0.05) is 13.6 Å². The highest BCUT2D eigenvalue weighted by Gasteiger charge is 2.11. The summed E-state index contributed by atoms with van der Waals surface area (Å²) in [5, 5.41) is 0.433. The Morgan fingerprint density at radius 3 is 2.50 bits per heavy atom. The summed E-state index contributed by atoms with van der Waals surface area (Å²) in [5.74, 6) is 1.03. The van der Waals surface area contributed by atoms with Gasteiger partial charge in [-0.05, 0) is 26.1 Å². The summed E-state index contributed by atoms with van der Waals surface area (Å²) in [6.07, 6.45) is 2.51. The van der Waals surface area contributed by atoms with Crippen LogP contribution in [0.1, 0.15) is 20.3 Å². The Morgan fingerprint density at radius 2 is 1.89 bits per heavy atom. The van der Waals surface area contributed by atoms with Gasteiger partial charge in [0.2, 0.25) is 0 Å². The van der Waals surface area contributed by atoms with Gasteiger partial charge in [0.05, 0.1) is 0 Å². The lowest BCUT2D eigenvalue weighted by atomic mass is 10.3. The van der Waals surface area contributed by atoms with Crippen LogP contribution in [0.4, 0.5) is 11.6 Å². The second-order valence-corrected chi connectivity index (χ2v) is 4.58. The minimum absolute atomic E-state index is 0.331. The summed E-state index contributed by atoms with van der Waals surface area (Å²) in [4.78, 5) is 12.4. The van der Waals surface area contributed by atoms with Crippen LogP contribution in [0.3, 0.4) is 0 Å². The Morgan fingerprint density at radius 1 is 1.22 bits per heavy atom. The number of nitrogen functional groups attached to an aromatic ring is 1. The molecule has 1 aromatic heterocycles. The van der Waals surface area contributed by atoms with Crippen molar-refractivity contribution >= 4 is 23.2 Å². The number of anilines is 2. The summed E-state index contributed by atoms with van der Waals surface area (Å²) < 4.78 is 0. The Bertz CT molecular complexity index is 367. The van der Waals surface area contributed by atoms with Gasteiger partial charge in [-0.15, -0.1) is 0 Å². The van der Waals surface area contributed by atoms with Crippen LogP contribution in [0.2, 0.25) is 5.02 Å². The lowest BCUT2D eigenvalue weighted by molar-refractivity contribution is 0.301. The van der Waals surface area contributed by atoms with Crippen molar-refractivity contribution in [3.05, 3.63) is 11.3 Å². The van der Waals surface area contributed by atoms with Crippen LogP contribution >= 0.6 is 11.6 Å². The average molecular weight is 272 g/mol. The third-order valence-corrected chi connectivity index (χ3v) is 3.38. The molecule has 0 radical (unpaired) electrons. The minimum Gasteiger partial charge on any atom is -0.382 e. The maximum atomic E-state index is 6.08. The van der Waals surface area contributed by atoms with E-state index >= 15 is 0 Å². The number of halogens is 1. The molecule has 0 bridgehead atoms. The van der Waals surface area contributed by atoms with Crippen molar-refractivity contribution in [1.29, 1.82) is 0 Å². The molecule has 5 nitrogen and oxygen atoms in total. The van der Waals surface area contributed by atoms with E-state index < -0.39 is 0 Å². The molecule has 2 N–H and O–H groups in total. The molecule has 0 fully saturated rings. The molecule has 0 unspecified atom stereocenters. The van der Waals surface area contributed by atoms with E-state index in [0.717, 1.165) is 32.6 Å². The Kier molecular flexibility index (Phi) is 6.15. The van der Waals surface area contributed by atoms with Crippen molar-refractivity contribution in [3.63, 3.8) is 0 Å². The first-order valence-corrected chi connectivity index (χ1v) is 6.67. The van der Waals surface area contributed by atoms with Crippen LogP contribution in [-0.4, -0.2) is 48.1 Å². The molecular weight excluding hydrogens is 250 g/mol. The van der Waals surface area contributed by atoms with Crippen molar-refractivity contribution in [2.75, 3.05) is 43.9 Å².